The number of hydrogen-bond donors (Lipinski definition) is 1. The lowest BCUT2D eigenvalue weighted by atomic mass is 9.95. The molecule has 2 amide bonds. The number of benzene rings is 3. The highest BCUT2D eigenvalue weighted by molar-refractivity contribution is 7.88. The number of carbonyl (C=O) groups excluding carboxylic acids is 2. The van der Waals surface area contributed by atoms with E-state index in [9.17, 15) is 23.1 Å². The lowest BCUT2D eigenvalue weighted by Gasteiger charge is -2.56. The van der Waals surface area contributed by atoms with Crippen molar-refractivity contribution in [3.63, 3.8) is 0 Å². The minimum absolute atomic E-state index is 0.0260. The van der Waals surface area contributed by atoms with Gasteiger partial charge in [-0.2, -0.15) is 0 Å². The Labute approximate surface area is 240 Å². The number of fused-ring (bicyclic) bond motifs is 1. The molecule has 5 rings (SSSR count). The second kappa shape index (κ2) is 11.5. The summed E-state index contributed by atoms with van der Waals surface area (Å²) in [7, 11) is -0.668. The molecule has 0 saturated carbocycles. The van der Waals surface area contributed by atoms with E-state index in [0.717, 1.165) is 22.9 Å². The van der Waals surface area contributed by atoms with Gasteiger partial charge in [-0.15, -0.1) is 4.41 Å². The van der Waals surface area contributed by atoms with Gasteiger partial charge in [0.05, 0.1) is 19.9 Å². The van der Waals surface area contributed by atoms with Crippen LogP contribution < -0.4 is 4.74 Å². The number of rotatable bonds is 8. The van der Waals surface area contributed by atoms with E-state index in [0.29, 0.717) is 5.75 Å². The molecule has 0 aliphatic carbocycles. The van der Waals surface area contributed by atoms with Gasteiger partial charge in [-0.05, 0) is 47.4 Å². The minimum Gasteiger partial charge on any atom is -0.508 e. The summed E-state index contributed by atoms with van der Waals surface area (Å²) >= 11 is 0. The van der Waals surface area contributed by atoms with Gasteiger partial charge in [-0.1, -0.05) is 54.6 Å². The number of aromatic hydroxyl groups is 1. The number of piperazine rings is 1. The van der Waals surface area contributed by atoms with Crippen LogP contribution in [0, 0.1) is 0 Å². The van der Waals surface area contributed by atoms with Crippen LogP contribution >= 0.6 is 0 Å². The SMILES string of the molecule is COc1ccc(CC2C(=O)N3[C@@H](Cc4ccc(O)cc4)C(=O)N(Cc4ccccc4)C[C@@H]3N(S(C)(=O)=O)N2C)cc1. The van der Waals surface area contributed by atoms with Crippen molar-refractivity contribution in [2.24, 2.45) is 0 Å². The average Bonchev–Trinajstić information content (AvgIpc) is 2.94. The van der Waals surface area contributed by atoms with Crippen LogP contribution in [0.15, 0.2) is 78.9 Å². The highest BCUT2D eigenvalue weighted by Gasteiger charge is 2.55. The topological polar surface area (TPSA) is 111 Å². The first-order chi connectivity index (χ1) is 19.6. The van der Waals surface area contributed by atoms with E-state index in [1.54, 1.807) is 43.3 Å². The fourth-order valence-electron chi connectivity index (χ4n) is 5.72. The number of nitrogens with zero attached hydrogens (tertiary/aromatic N) is 4. The summed E-state index contributed by atoms with van der Waals surface area (Å²) in [5, 5.41) is 11.3. The number of hydrazine groups is 1. The molecule has 2 fully saturated rings. The Bertz CT molecular complexity index is 1500. The van der Waals surface area contributed by atoms with Crippen molar-refractivity contribution in [1.29, 1.82) is 0 Å². The molecule has 10 nitrogen and oxygen atoms in total. The van der Waals surface area contributed by atoms with E-state index in [2.05, 4.69) is 0 Å². The number of methoxy groups -OCH3 is 1. The van der Waals surface area contributed by atoms with Gasteiger partial charge in [0.2, 0.25) is 21.8 Å². The number of amides is 2. The van der Waals surface area contributed by atoms with E-state index in [-0.39, 0.29) is 43.5 Å². The van der Waals surface area contributed by atoms with Crippen LogP contribution in [0.5, 0.6) is 11.5 Å². The van der Waals surface area contributed by atoms with Crippen LogP contribution in [0.4, 0.5) is 0 Å². The Morgan fingerprint density at radius 3 is 2.00 bits per heavy atom. The Kier molecular flexibility index (Phi) is 8.03. The fourth-order valence-corrected chi connectivity index (χ4v) is 6.91. The van der Waals surface area contributed by atoms with Gasteiger partial charge in [-0.25, -0.2) is 13.4 Å². The molecule has 3 aromatic rings. The van der Waals surface area contributed by atoms with E-state index in [4.69, 9.17) is 4.74 Å². The maximum atomic E-state index is 14.3. The first-order valence-corrected chi connectivity index (χ1v) is 15.2. The van der Waals surface area contributed by atoms with Crippen LogP contribution in [0.1, 0.15) is 16.7 Å². The van der Waals surface area contributed by atoms with E-state index in [1.165, 1.54) is 26.5 Å². The van der Waals surface area contributed by atoms with Gasteiger partial charge in [0, 0.05) is 20.0 Å². The predicted octanol–water partition coefficient (Wildman–Crippen LogP) is 2.24. The highest BCUT2D eigenvalue weighted by atomic mass is 32.2. The summed E-state index contributed by atoms with van der Waals surface area (Å²) in [6.07, 6.45) is 0.610. The van der Waals surface area contributed by atoms with E-state index < -0.39 is 28.3 Å². The number of carbonyl (C=O) groups is 2. The maximum Gasteiger partial charge on any atom is 0.246 e. The molecule has 3 atom stereocenters. The van der Waals surface area contributed by atoms with Crippen molar-refractivity contribution >= 4 is 21.8 Å². The zero-order valence-corrected chi connectivity index (χ0v) is 24.1. The first-order valence-electron chi connectivity index (χ1n) is 13.3. The molecule has 3 aromatic carbocycles. The number of sulfonamides is 1. The fraction of sp³-hybridized carbons (Fsp3) is 0.333. The third-order valence-electron chi connectivity index (χ3n) is 7.70. The predicted molar refractivity (Wildman–Crippen MR) is 153 cm³/mol. The number of hydrogen-bond acceptors (Lipinski definition) is 7. The second-order valence-corrected chi connectivity index (χ2v) is 12.3. The maximum absolute atomic E-state index is 14.3. The molecule has 2 saturated heterocycles. The Morgan fingerprint density at radius 1 is 0.829 bits per heavy atom. The van der Waals surface area contributed by atoms with E-state index in [1.807, 2.05) is 42.5 Å². The second-order valence-electron chi connectivity index (χ2n) is 10.5. The number of phenolic OH excluding ortho intramolecular Hbond substituents is 1. The third-order valence-corrected chi connectivity index (χ3v) is 8.88. The van der Waals surface area contributed by atoms with Gasteiger partial charge >= 0.3 is 0 Å². The van der Waals surface area contributed by atoms with Gasteiger partial charge in [0.25, 0.3) is 0 Å². The minimum atomic E-state index is -3.85. The Balaban J connectivity index is 1.55. The van der Waals surface area contributed by atoms with Crippen LogP contribution in [0.25, 0.3) is 0 Å². The molecule has 1 N–H and O–H groups in total. The molecule has 11 heteroatoms. The standard InChI is InChI=1S/C30H34N4O6S/c1-31-26(17-22-11-15-25(40-2)16-12-22)30(37)33-27(18-21-9-13-24(35)14-10-21)29(36)32(19-23-7-5-4-6-8-23)20-28(33)34(31)41(3,38)39/h4-16,26-28,35H,17-20H2,1-3H3/t26?,27-,28-/m0/s1. The third kappa shape index (κ3) is 5.92. The van der Waals surface area contributed by atoms with Gasteiger partial charge in [0.15, 0.2) is 0 Å². The molecular weight excluding hydrogens is 544 g/mol. The zero-order chi connectivity index (χ0) is 29.3. The molecule has 2 heterocycles. The van der Waals surface area contributed by atoms with Crippen molar-refractivity contribution < 1.29 is 27.9 Å². The Hall–Kier alpha value is -3.93. The van der Waals surface area contributed by atoms with Crippen LogP contribution in [0.2, 0.25) is 0 Å². The van der Waals surface area contributed by atoms with Crippen LogP contribution in [0.3, 0.4) is 0 Å². The van der Waals surface area contributed by atoms with Crippen molar-refractivity contribution in [3.8, 4) is 11.5 Å². The van der Waals surface area contributed by atoms with Crippen molar-refractivity contribution in [2.75, 3.05) is 27.0 Å². The molecular formula is C30H34N4O6S. The number of likely N-dealkylation sites (N-methyl/N-ethyl adjacent to an activating group) is 1. The molecule has 1 unspecified atom stereocenters. The molecule has 0 spiro atoms. The quantitative estimate of drug-likeness (QED) is 0.437. The normalized spacial score (nSPS) is 22.1. The molecule has 0 aromatic heterocycles. The highest BCUT2D eigenvalue weighted by Crippen LogP contribution is 2.33. The summed E-state index contributed by atoms with van der Waals surface area (Å²) in [6, 6.07) is 21.4. The average molecular weight is 579 g/mol. The molecule has 216 valence electrons. The lowest BCUT2D eigenvalue weighted by molar-refractivity contribution is -0.190. The molecule has 41 heavy (non-hydrogen) atoms. The molecule has 0 radical (unpaired) electrons. The molecule has 2 aliphatic rings. The van der Waals surface area contributed by atoms with Crippen molar-refractivity contribution in [1.82, 2.24) is 19.2 Å². The van der Waals surface area contributed by atoms with E-state index >= 15 is 0 Å². The molecule has 0 bridgehead atoms. The summed E-state index contributed by atoms with van der Waals surface area (Å²) in [5.41, 5.74) is 2.47. The first kappa shape index (κ1) is 28.6. The monoisotopic (exact) mass is 578 g/mol. The number of ether oxygens (including phenoxy) is 1. The van der Waals surface area contributed by atoms with Gasteiger partial charge in [-0.3, -0.25) is 9.59 Å². The smallest absolute Gasteiger partial charge is 0.246 e. The summed E-state index contributed by atoms with van der Waals surface area (Å²) < 4.78 is 33.1. The largest absolute Gasteiger partial charge is 0.508 e. The summed E-state index contributed by atoms with van der Waals surface area (Å²) in [5.74, 6) is 0.187. The van der Waals surface area contributed by atoms with Crippen molar-refractivity contribution in [2.45, 2.75) is 37.6 Å². The zero-order valence-electron chi connectivity index (χ0n) is 23.3. The Morgan fingerprint density at radius 2 is 1.41 bits per heavy atom. The lowest BCUT2D eigenvalue weighted by Crippen LogP contribution is -2.77. The van der Waals surface area contributed by atoms with Crippen molar-refractivity contribution in [3.05, 3.63) is 95.6 Å². The summed E-state index contributed by atoms with van der Waals surface area (Å²) in [6.45, 7) is 0.305. The number of phenols is 1. The van der Waals surface area contributed by atoms with Crippen LogP contribution in [-0.4, -0.2) is 89.8 Å². The summed E-state index contributed by atoms with van der Waals surface area (Å²) in [4.78, 5) is 31.4. The van der Waals surface area contributed by atoms with Gasteiger partial charge < -0.3 is 19.6 Å². The molecule has 2 aliphatic heterocycles. The van der Waals surface area contributed by atoms with Gasteiger partial charge in [0.1, 0.15) is 29.7 Å². The van der Waals surface area contributed by atoms with Crippen LogP contribution in [-0.2, 0) is 39.0 Å².